The molecule has 106 valence electrons. The van der Waals surface area contributed by atoms with Crippen LogP contribution in [0.4, 0.5) is 14.9 Å². The molecule has 0 unspecified atom stereocenters. The number of amides is 1. The summed E-state index contributed by atoms with van der Waals surface area (Å²) in [5, 5.41) is 11.9. The van der Waals surface area contributed by atoms with Crippen LogP contribution in [0.1, 0.15) is 32.4 Å². The molecular weight excluding hydrogens is 251 g/mol. The molecule has 0 spiro atoms. The highest BCUT2D eigenvalue weighted by Gasteiger charge is 2.17. The third-order valence-corrected chi connectivity index (χ3v) is 2.23. The smallest absolute Gasteiger partial charge is 0.412 e. The van der Waals surface area contributed by atoms with E-state index in [0.29, 0.717) is 0 Å². The van der Waals surface area contributed by atoms with Gasteiger partial charge in [0.1, 0.15) is 11.4 Å². The van der Waals surface area contributed by atoms with Gasteiger partial charge in [-0.05, 0) is 32.9 Å². The number of aliphatic hydroxyl groups is 1. The first kappa shape index (κ1) is 15.4. The second-order valence-electron chi connectivity index (χ2n) is 5.11. The SMILES string of the molecule is CC(C)(C)OC(=O)Nc1ccc([C@H](O)CN)c(F)c1. The van der Waals surface area contributed by atoms with Crippen LogP contribution in [0.2, 0.25) is 0 Å². The van der Waals surface area contributed by atoms with Gasteiger partial charge in [0.25, 0.3) is 0 Å². The Kier molecular flexibility index (Phi) is 4.85. The van der Waals surface area contributed by atoms with Crippen LogP contribution in [0, 0.1) is 5.82 Å². The summed E-state index contributed by atoms with van der Waals surface area (Å²) in [6.07, 6.45) is -1.73. The van der Waals surface area contributed by atoms with Crippen molar-refractivity contribution in [1.82, 2.24) is 0 Å². The molecule has 0 bridgehead atoms. The Morgan fingerprint density at radius 1 is 1.53 bits per heavy atom. The molecule has 1 atom stereocenters. The maximum absolute atomic E-state index is 13.7. The predicted molar refractivity (Wildman–Crippen MR) is 70.3 cm³/mol. The summed E-state index contributed by atoms with van der Waals surface area (Å²) < 4.78 is 18.7. The second kappa shape index (κ2) is 5.99. The highest BCUT2D eigenvalue weighted by Crippen LogP contribution is 2.20. The monoisotopic (exact) mass is 270 g/mol. The minimum Gasteiger partial charge on any atom is -0.444 e. The number of halogens is 1. The normalized spacial score (nSPS) is 12.9. The van der Waals surface area contributed by atoms with Crippen molar-refractivity contribution in [2.24, 2.45) is 5.73 Å². The van der Waals surface area contributed by atoms with Crippen LogP contribution in [0.15, 0.2) is 18.2 Å². The lowest BCUT2D eigenvalue weighted by atomic mass is 10.1. The van der Waals surface area contributed by atoms with Gasteiger partial charge in [-0.25, -0.2) is 9.18 Å². The van der Waals surface area contributed by atoms with E-state index in [9.17, 15) is 14.3 Å². The largest absolute Gasteiger partial charge is 0.444 e. The van der Waals surface area contributed by atoms with Gasteiger partial charge in [0.05, 0.1) is 6.10 Å². The molecule has 0 fully saturated rings. The zero-order valence-electron chi connectivity index (χ0n) is 11.2. The highest BCUT2D eigenvalue weighted by atomic mass is 19.1. The standard InChI is InChI=1S/C13H19FN2O3/c1-13(2,3)19-12(18)16-8-4-5-9(10(14)6-8)11(17)7-15/h4-6,11,17H,7,15H2,1-3H3,(H,16,18)/t11-/m1/s1. The van der Waals surface area contributed by atoms with Crippen molar-refractivity contribution in [1.29, 1.82) is 0 Å². The molecule has 6 heteroatoms. The maximum atomic E-state index is 13.7. The number of carbonyl (C=O) groups excluding carboxylic acids is 1. The number of nitrogens with one attached hydrogen (secondary N) is 1. The molecule has 0 heterocycles. The number of hydrogen-bond acceptors (Lipinski definition) is 4. The molecule has 1 amide bonds. The Morgan fingerprint density at radius 3 is 2.63 bits per heavy atom. The van der Waals surface area contributed by atoms with Crippen LogP contribution >= 0.6 is 0 Å². The number of rotatable bonds is 3. The van der Waals surface area contributed by atoms with Crippen LogP contribution in [0.5, 0.6) is 0 Å². The van der Waals surface area contributed by atoms with Gasteiger partial charge in [-0.1, -0.05) is 6.07 Å². The Balaban J connectivity index is 2.76. The summed E-state index contributed by atoms with van der Waals surface area (Å²) in [4.78, 5) is 11.5. The summed E-state index contributed by atoms with van der Waals surface area (Å²) in [6, 6.07) is 3.96. The van der Waals surface area contributed by atoms with E-state index in [-0.39, 0.29) is 17.8 Å². The molecule has 0 saturated carbocycles. The highest BCUT2D eigenvalue weighted by molar-refractivity contribution is 5.84. The number of aliphatic hydroxyl groups excluding tert-OH is 1. The molecule has 0 saturated heterocycles. The predicted octanol–water partition coefficient (Wildman–Crippen LogP) is 2.16. The first-order valence-corrected chi connectivity index (χ1v) is 5.90. The quantitative estimate of drug-likeness (QED) is 0.785. The molecule has 0 aromatic heterocycles. The minimum atomic E-state index is -1.06. The fourth-order valence-electron chi connectivity index (χ4n) is 1.42. The van der Waals surface area contributed by atoms with Gasteiger partial charge in [-0.2, -0.15) is 0 Å². The summed E-state index contributed by atoms with van der Waals surface area (Å²) in [6.45, 7) is 5.12. The van der Waals surface area contributed by atoms with E-state index in [1.165, 1.54) is 12.1 Å². The van der Waals surface area contributed by atoms with Gasteiger partial charge in [0.2, 0.25) is 0 Å². The lowest BCUT2D eigenvalue weighted by Crippen LogP contribution is -2.27. The fourth-order valence-corrected chi connectivity index (χ4v) is 1.42. The van der Waals surface area contributed by atoms with Crippen molar-refractivity contribution in [3.05, 3.63) is 29.6 Å². The molecule has 1 aromatic carbocycles. The molecule has 5 nitrogen and oxygen atoms in total. The van der Waals surface area contributed by atoms with E-state index in [4.69, 9.17) is 10.5 Å². The summed E-state index contributed by atoms with van der Waals surface area (Å²) >= 11 is 0. The van der Waals surface area contributed by atoms with Gasteiger partial charge >= 0.3 is 6.09 Å². The Bertz CT molecular complexity index is 458. The molecular formula is C13H19FN2O3. The van der Waals surface area contributed by atoms with Crippen molar-refractivity contribution >= 4 is 11.8 Å². The van der Waals surface area contributed by atoms with Gasteiger partial charge < -0.3 is 15.6 Å². The van der Waals surface area contributed by atoms with Crippen LogP contribution < -0.4 is 11.1 Å². The van der Waals surface area contributed by atoms with E-state index in [1.54, 1.807) is 20.8 Å². The van der Waals surface area contributed by atoms with Gasteiger partial charge in [0.15, 0.2) is 0 Å². The van der Waals surface area contributed by atoms with Gasteiger partial charge in [0, 0.05) is 17.8 Å². The van der Waals surface area contributed by atoms with Crippen molar-refractivity contribution in [3.63, 3.8) is 0 Å². The zero-order valence-corrected chi connectivity index (χ0v) is 11.2. The van der Waals surface area contributed by atoms with Crippen molar-refractivity contribution in [3.8, 4) is 0 Å². The average molecular weight is 270 g/mol. The number of anilines is 1. The number of carbonyl (C=O) groups is 1. The number of benzene rings is 1. The first-order valence-electron chi connectivity index (χ1n) is 5.90. The molecule has 1 rings (SSSR count). The average Bonchev–Trinajstić information content (AvgIpc) is 2.25. The molecule has 0 aliphatic rings. The number of nitrogens with two attached hydrogens (primary N) is 1. The molecule has 0 aliphatic heterocycles. The second-order valence-corrected chi connectivity index (χ2v) is 5.11. The topological polar surface area (TPSA) is 84.6 Å². The maximum Gasteiger partial charge on any atom is 0.412 e. The fraction of sp³-hybridized carbons (Fsp3) is 0.462. The minimum absolute atomic E-state index is 0.0736. The lowest BCUT2D eigenvalue weighted by molar-refractivity contribution is 0.0636. The third-order valence-electron chi connectivity index (χ3n) is 2.23. The van der Waals surface area contributed by atoms with Crippen LogP contribution in [-0.2, 0) is 4.74 Å². The lowest BCUT2D eigenvalue weighted by Gasteiger charge is -2.20. The van der Waals surface area contributed by atoms with E-state index in [0.717, 1.165) is 6.07 Å². The molecule has 1 aromatic rings. The van der Waals surface area contributed by atoms with E-state index in [2.05, 4.69) is 5.32 Å². The van der Waals surface area contributed by atoms with E-state index >= 15 is 0 Å². The number of hydrogen-bond donors (Lipinski definition) is 3. The Hall–Kier alpha value is -1.66. The van der Waals surface area contributed by atoms with E-state index < -0.39 is 23.6 Å². The molecule has 19 heavy (non-hydrogen) atoms. The third kappa shape index (κ3) is 4.84. The van der Waals surface area contributed by atoms with Crippen molar-refractivity contribution in [2.75, 3.05) is 11.9 Å². The summed E-state index contributed by atoms with van der Waals surface area (Å²) in [5.74, 6) is -0.633. The van der Waals surface area contributed by atoms with Crippen molar-refractivity contribution in [2.45, 2.75) is 32.5 Å². The first-order chi connectivity index (χ1) is 8.73. The molecule has 0 radical (unpaired) electrons. The van der Waals surface area contributed by atoms with Crippen LogP contribution in [0.3, 0.4) is 0 Å². The zero-order chi connectivity index (χ0) is 14.6. The Morgan fingerprint density at radius 2 is 2.16 bits per heavy atom. The summed E-state index contributed by atoms with van der Waals surface area (Å²) in [5.41, 5.74) is 4.97. The summed E-state index contributed by atoms with van der Waals surface area (Å²) in [7, 11) is 0. The van der Waals surface area contributed by atoms with Gasteiger partial charge in [-0.15, -0.1) is 0 Å². The van der Waals surface area contributed by atoms with Gasteiger partial charge in [-0.3, -0.25) is 5.32 Å². The van der Waals surface area contributed by atoms with Crippen LogP contribution in [-0.4, -0.2) is 23.3 Å². The van der Waals surface area contributed by atoms with E-state index in [1.807, 2.05) is 0 Å². The molecule has 0 aliphatic carbocycles. The van der Waals surface area contributed by atoms with Crippen LogP contribution in [0.25, 0.3) is 0 Å². The number of ether oxygens (including phenoxy) is 1. The Labute approximate surface area is 111 Å². The molecule has 4 N–H and O–H groups in total. The van der Waals surface area contributed by atoms with Crippen molar-refractivity contribution < 1.29 is 19.0 Å².